The third-order valence-corrected chi connectivity index (χ3v) is 16.1. The van der Waals surface area contributed by atoms with Gasteiger partial charge in [0.1, 0.15) is 7.14 Å². The summed E-state index contributed by atoms with van der Waals surface area (Å²) < 4.78 is 30.3. The summed E-state index contributed by atoms with van der Waals surface area (Å²) in [4.78, 5) is 0. The summed E-state index contributed by atoms with van der Waals surface area (Å²) in [5.74, 6) is 1.91. The molecule has 10 unspecified atom stereocenters. The van der Waals surface area contributed by atoms with Crippen molar-refractivity contribution in [1.29, 1.82) is 0 Å². The molecule has 6 fully saturated rings. The second kappa shape index (κ2) is 11.5. The standard InChI is InChI=1S/C31H53O3P/c32-35-29-18-12-3-1-2-9-15-25(29)33-27-17-11-5-4-8-14-23-22-24(23)20-21-28(31(27)35)34-26-16-10-6-7-13-19-30(26)35/h23-31H,1-22H2. The largest absolute Gasteiger partial charge is 0.373 e. The lowest BCUT2D eigenvalue weighted by molar-refractivity contribution is -0.104. The fourth-order valence-corrected chi connectivity index (χ4v) is 14.8. The Labute approximate surface area is 215 Å². The van der Waals surface area contributed by atoms with Crippen LogP contribution in [0.2, 0.25) is 0 Å². The molecule has 6 rings (SSSR count). The Morgan fingerprint density at radius 2 is 0.857 bits per heavy atom. The fourth-order valence-electron chi connectivity index (χ4n) is 9.32. The van der Waals surface area contributed by atoms with Crippen molar-refractivity contribution in [2.24, 2.45) is 11.8 Å². The summed E-state index contributed by atoms with van der Waals surface area (Å²) in [6.07, 6.45) is 29.2. The number of ether oxygens (including phenoxy) is 2. The van der Waals surface area contributed by atoms with Crippen molar-refractivity contribution in [2.75, 3.05) is 0 Å². The van der Waals surface area contributed by atoms with Crippen molar-refractivity contribution in [3.8, 4) is 0 Å². The summed E-state index contributed by atoms with van der Waals surface area (Å²) in [6.45, 7) is 0. The van der Waals surface area contributed by atoms with Crippen LogP contribution >= 0.6 is 7.14 Å². The van der Waals surface area contributed by atoms with Gasteiger partial charge in [0.2, 0.25) is 0 Å². The van der Waals surface area contributed by atoms with Crippen LogP contribution in [0.15, 0.2) is 0 Å². The van der Waals surface area contributed by atoms with E-state index in [9.17, 15) is 0 Å². The van der Waals surface area contributed by atoms with E-state index in [-0.39, 0.29) is 30.1 Å². The summed E-state index contributed by atoms with van der Waals surface area (Å²) in [5, 5.41) is 0. The minimum Gasteiger partial charge on any atom is -0.373 e. The molecule has 2 saturated heterocycles. The first kappa shape index (κ1) is 25.4. The Hall–Kier alpha value is 0.150. The maximum Gasteiger partial charge on any atom is 0.107 e. The van der Waals surface area contributed by atoms with Gasteiger partial charge in [-0.25, -0.2) is 0 Å². The summed E-state index contributed by atoms with van der Waals surface area (Å²) in [6, 6.07) is 0. The van der Waals surface area contributed by atoms with Gasteiger partial charge in [0.05, 0.1) is 30.1 Å². The third kappa shape index (κ3) is 5.36. The first-order valence-corrected chi connectivity index (χ1v) is 18.1. The molecule has 3 nitrogen and oxygen atoms in total. The van der Waals surface area contributed by atoms with Gasteiger partial charge < -0.3 is 14.0 Å². The minimum absolute atomic E-state index is 0.190. The van der Waals surface area contributed by atoms with Crippen LogP contribution in [-0.4, -0.2) is 41.4 Å². The van der Waals surface area contributed by atoms with Crippen LogP contribution in [0.3, 0.4) is 0 Å². The number of hydrogen-bond donors (Lipinski definition) is 0. The average Bonchev–Trinajstić information content (AvgIpc) is 3.55. The third-order valence-electron chi connectivity index (χ3n) is 11.3. The zero-order valence-electron chi connectivity index (χ0n) is 22.4. The van der Waals surface area contributed by atoms with Crippen LogP contribution in [0.25, 0.3) is 0 Å². The second-order valence-corrected chi connectivity index (χ2v) is 16.9. The molecular formula is C31H53O3P. The normalized spacial score (nSPS) is 49.8. The first-order chi connectivity index (χ1) is 17.2. The Morgan fingerprint density at radius 3 is 1.46 bits per heavy atom. The van der Waals surface area contributed by atoms with E-state index in [2.05, 4.69) is 0 Å². The van der Waals surface area contributed by atoms with E-state index in [1.165, 1.54) is 103 Å². The van der Waals surface area contributed by atoms with Crippen molar-refractivity contribution in [1.82, 2.24) is 0 Å². The lowest BCUT2D eigenvalue weighted by Crippen LogP contribution is -2.59. The average molecular weight is 505 g/mol. The number of fused-ring (bicyclic) bond motifs is 5. The predicted octanol–water partition coefficient (Wildman–Crippen LogP) is 8.86. The zero-order valence-corrected chi connectivity index (χ0v) is 23.3. The van der Waals surface area contributed by atoms with Crippen molar-refractivity contribution in [3.05, 3.63) is 0 Å². The molecular weight excluding hydrogens is 451 g/mol. The van der Waals surface area contributed by atoms with Gasteiger partial charge in [-0.15, -0.1) is 0 Å². The summed E-state index contributed by atoms with van der Waals surface area (Å²) in [7, 11) is -2.44. The van der Waals surface area contributed by atoms with E-state index in [0.717, 1.165) is 50.4 Å². The molecule has 2 aliphatic heterocycles. The molecule has 0 N–H and O–H groups in total. The lowest BCUT2D eigenvalue weighted by Gasteiger charge is -2.57. The van der Waals surface area contributed by atoms with Gasteiger partial charge in [-0.2, -0.15) is 0 Å². The second-order valence-electron chi connectivity index (χ2n) is 13.5. The Balaban J connectivity index is 1.36. The minimum atomic E-state index is -2.44. The molecule has 35 heavy (non-hydrogen) atoms. The summed E-state index contributed by atoms with van der Waals surface area (Å²) in [5.41, 5.74) is 0.848. The molecule has 4 heteroatoms. The molecule has 0 radical (unpaired) electrons. The van der Waals surface area contributed by atoms with Crippen LogP contribution in [0.1, 0.15) is 141 Å². The van der Waals surface area contributed by atoms with Gasteiger partial charge in [0, 0.05) is 11.3 Å². The number of rotatable bonds is 0. The highest BCUT2D eigenvalue weighted by atomic mass is 31.2. The highest BCUT2D eigenvalue weighted by Gasteiger charge is 2.62. The maximum absolute atomic E-state index is 16.0. The monoisotopic (exact) mass is 504 g/mol. The molecule has 200 valence electrons. The van der Waals surface area contributed by atoms with Gasteiger partial charge in [0.15, 0.2) is 0 Å². The molecule has 0 aromatic carbocycles. The van der Waals surface area contributed by atoms with E-state index in [0.29, 0.717) is 11.3 Å². The van der Waals surface area contributed by atoms with Gasteiger partial charge in [0.25, 0.3) is 0 Å². The van der Waals surface area contributed by atoms with Crippen molar-refractivity contribution < 1.29 is 14.0 Å². The quantitative estimate of drug-likeness (QED) is 0.309. The van der Waals surface area contributed by atoms with Crippen molar-refractivity contribution in [2.45, 2.75) is 183 Å². The van der Waals surface area contributed by atoms with Crippen molar-refractivity contribution >= 4 is 7.14 Å². The van der Waals surface area contributed by atoms with E-state index >= 15 is 4.57 Å². The van der Waals surface area contributed by atoms with E-state index in [1.807, 2.05) is 0 Å². The van der Waals surface area contributed by atoms with E-state index in [1.54, 1.807) is 0 Å². The highest BCUT2D eigenvalue weighted by Crippen LogP contribution is 2.72. The number of hydrogen-bond acceptors (Lipinski definition) is 3. The lowest BCUT2D eigenvalue weighted by atomic mass is 9.94. The molecule has 0 aromatic heterocycles. The van der Waals surface area contributed by atoms with Gasteiger partial charge in [-0.05, 0) is 63.2 Å². The molecule has 0 amide bonds. The molecule has 0 spiro atoms. The van der Waals surface area contributed by atoms with Crippen LogP contribution in [-0.2, 0) is 14.0 Å². The molecule has 10 atom stereocenters. The summed E-state index contributed by atoms with van der Waals surface area (Å²) >= 11 is 0. The highest BCUT2D eigenvalue weighted by molar-refractivity contribution is 7.66. The molecule has 6 aliphatic rings. The smallest absolute Gasteiger partial charge is 0.107 e. The topological polar surface area (TPSA) is 35.5 Å². The Bertz CT molecular complexity index is 739. The van der Waals surface area contributed by atoms with Crippen LogP contribution in [0, 0.1) is 11.8 Å². The van der Waals surface area contributed by atoms with Gasteiger partial charge in [-0.1, -0.05) is 89.9 Å². The molecule has 2 heterocycles. The molecule has 0 bridgehead atoms. The van der Waals surface area contributed by atoms with Gasteiger partial charge in [-0.3, -0.25) is 0 Å². The maximum atomic E-state index is 16.0. The molecule has 4 aliphatic carbocycles. The Kier molecular flexibility index (Phi) is 8.35. The van der Waals surface area contributed by atoms with Crippen molar-refractivity contribution in [3.63, 3.8) is 0 Å². The predicted molar refractivity (Wildman–Crippen MR) is 145 cm³/mol. The SMILES string of the molecule is O=P12C3CCCCCCCC3OC3CCCCCCC4CC4CCC(OC4CCCCCCC41)C32. The molecule has 0 aromatic rings. The molecule has 4 saturated carbocycles. The zero-order chi connectivity index (χ0) is 23.7. The van der Waals surface area contributed by atoms with E-state index in [4.69, 9.17) is 9.47 Å². The Morgan fingerprint density at radius 1 is 0.429 bits per heavy atom. The van der Waals surface area contributed by atoms with E-state index < -0.39 is 7.14 Å². The van der Waals surface area contributed by atoms with Crippen LogP contribution in [0.5, 0.6) is 0 Å². The van der Waals surface area contributed by atoms with Crippen LogP contribution < -0.4 is 0 Å². The first-order valence-electron chi connectivity index (χ1n) is 16.1. The van der Waals surface area contributed by atoms with Gasteiger partial charge >= 0.3 is 0 Å². The fraction of sp³-hybridized carbons (Fsp3) is 1.00. The van der Waals surface area contributed by atoms with Crippen LogP contribution in [0.4, 0.5) is 0 Å².